The zero-order valence-electron chi connectivity index (χ0n) is 16.0. The molecule has 2 N–H and O–H groups in total. The van der Waals surface area contributed by atoms with E-state index in [2.05, 4.69) is 25.6 Å². The molecule has 0 unspecified atom stereocenters. The third-order valence-electron chi connectivity index (χ3n) is 3.96. The average molecular weight is 515 g/mol. The second-order valence-electron chi connectivity index (χ2n) is 5.99. The van der Waals surface area contributed by atoms with Crippen LogP contribution in [0.1, 0.15) is 21.3 Å². The van der Waals surface area contributed by atoms with Gasteiger partial charge in [-0.25, -0.2) is 14.4 Å². The van der Waals surface area contributed by atoms with Crippen LogP contribution in [0.5, 0.6) is 0 Å². The molecular formula is C19H23FIN5OS. The van der Waals surface area contributed by atoms with E-state index >= 15 is 0 Å². The number of halogens is 2. The Labute approximate surface area is 184 Å². The maximum absolute atomic E-state index is 13.0. The molecule has 0 fully saturated rings. The van der Waals surface area contributed by atoms with Crippen LogP contribution in [0.2, 0.25) is 0 Å². The van der Waals surface area contributed by atoms with Gasteiger partial charge in [0.15, 0.2) is 5.96 Å². The Kier molecular flexibility index (Phi) is 8.36. The molecule has 0 bridgehead atoms. The lowest BCUT2D eigenvalue weighted by Gasteiger charge is -2.10. The third-order valence-corrected chi connectivity index (χ3v) is 5.03. The summed E-state index contributed by atoms with van der Waals surface area (Å²) in [5, 5.41) is 7.62. The zero-order chi connectivity index (χ0) is 19.2. The van der Waals surface area contributed by atoms with Crippen LogP contribution in [0.4, 0.5) is 4.39 Å². The summed E-state index contributed by atoms with van der Waals surface area (Å²) >= 11 is 1.69. The van der Waals surface area contributed by atoms with E-state index in [1.807, 2.05) is 13.8 Å². The molecule has 0 atom stereocenters. The molecule has 28 heavy (non-hydrogen) atoms. The molecular weight excluding hydrogens is 492 g/mol. The normalized spacial score (nSPS) is 11.2. The molecule has 9 heteroatoms. The Balaban J connectivity index is 0.00000280. The Hall–Kier alpha value is -2.01. The fourth-order valence-electron chi connectivity index (χ4n) is 2.58. The summed E-state index contributed by atoms with van der Waals surface area (Å²) < 4.78 is 18.5. The lowest BCUT2D eigenvalue weighted by molar-refractivity contribution is 0.571. The summed E-state index contributed by atoms with van der Waals surface area (Å²) in [5.41, 5.74) is 2.63. The molecule has 0 saturated carbocycles. The van der Waals surface area contributed by atoms with Crippen LogP contribution in [0, 0.1) is 19.7 Å². The van der Waals surface area contributed by atoms with Gasteiger partial charge in [-0.2, -0.15) is 0 Å². The Morgan fingerprint density at radius 1 is 1.18 bits per heavy atom. The third kappa shape index (κ3) is 5.99. The fraction of sp³-hybridized carbons (Fsp3) is 0.316. The topological polar surface area (TPSA) is 75.3 Å². The summed E-state index contributed by atoms with van der Waals surface area (Å²) in [5.74, 6) is 0.934. The summed E-state index contributed by atoms with van der Waals surface area (Å²) in [6, 6.07) is 6.09. The van der Waals surface area contributed by atoms with Gasteiger partial charge in [0.25, 0.3) is 0 Å². The monoisotopic (exact) mass is 515 g/mol. The van der Waals surface area contributed by atoms with Gasteiger partial charge >= 0.3 is 0 Å². The minimum atomic E-state index is -0.280. The van der Waals surface area contributed by atoms with Crippen LogP contribution in [0.15, 0.2) is 39.9 Å². The minimum Gasteiger partial charge on any atom is -0.444 e. The summed E-state index contributed by atoms with van der Waals surface area (Å²) in [4.78, 5) is 14.3. The first-order valence-electron chi connectivity index (χ1n) is 8.63. The number of nitrogens with zero attached hydrogens (tertiary/aromatic N) is 3. The van der Waals surface area contributed by atoms with E-state index in [0.717, 1.165) is 27.9 Å². The van der Waals surface area contributed by atoms with Crippen molar-refractivity contribution in [2.24, 2.45) is 4.99 Å². The number of guanidine groups is 1. The molecule has 150 valence electrons. The standard InChI is InChI=1S/C19H22FN5OS.HI/c1-12-17(27-13(2)24-12)10-23-19(21-3)22-9-8-16-11-26-18(25-16)14-4-6-15(20)7-5-14;/h4-7,11H,8-10H2,1-3H3,(H2,21,22,23);1H. The molecule has 0 spiro atoms. The van der Waals surface area contributed by atoms with Gasteiger partial charge in [-0.05, 0) is 38.1 Å². The van der Waals surface area contributed by atoms with E-state index in [9.17, 15) is 4.39 Å². The molecule has 0 aliphatic rings. The first-order chi connectivity index (χ1) is 13.0. The van der Waals surface area contributed by atoms with Crippen molar-refractivity contribution in [1.82, 2.24) is 20.6 Å². The Bertz CT molecular complexity index is 923. The van der Waals surface area contributed by atoms with Gasteiger partial charge in [0.2, 0.25) is 5.89 Å². The Morgan fingerprint density at radius 3 is 2.57 bits per heavy atom. The van der Waals surface area contributed by atoms with Gasteiger partial charge in [0.05, 0.1) is 22.9 Å². The van der Waals surface area contributed by atoms with Crippen LogP contribution in [0.25, 0.3) is 11.5 Å². The highest BCUT2D eigenvalue weighted by Crippen LogP contribution is 2.19. The molecule has 3 aromatic rings. The first kappa shape index (κ1) is 22.3. The molecule has 0 amide bonds. The second kappa shape index (κ2) is 10.5. The molecule has 0 radical (unpaired) electrons. The maximum atomic E-state index is 13.0. The van der Waals surface area contributed by atoms with Crippen molar-refractivity contribution in [3.63, 3.8) is 0 Å². The van der Waals surface area contributed by atoms with E-state index in [4.69, 9.17) is 4.42 Å². The minimum absolute atomic E-state index is 0. The van der Waals surface area contributed by atoms with Crippen molar-refractivity contribution < 1.29 is 8.81 Å². The number of oxazole rings is 1. The quantitative estimate of drug-likeness (QED) is 0.294. The largest absolute Gasteiger partial charge is 0.444 e. The van der Waals surface area contributed by atoms with Crippen molar-refractivity contribution in [3.05, 3.63) is 57.6 Å². The van der Waals surface area contributed by atoms with Crippen molar-refractivity contribution in [3.8, 4) is 11.5 Å². The summed E-state index contributed by atoms with van der Waals surface area (Å²) in [7, 11) is 1.74. The number of nitrogens with one attached hydrogen (secondary N) is 2. The highest BCUT2D eigenvalue weighted by atomic mass is 127. The van der Waals surface area contributed by atoms with E-state index in [-0.39, 0.29) is 29.8 Å². The van der Waals surface area contributed by atoms with Crippen LogP contribution in [-0.2, 0) is 13.0 Å². The van der Waals surface area contributed by atoms with Crippen molar-refractivity contribution in [2.75, 3.05) is 13.6 Å². The highest BCUT2D eigenvalue weighted by Gasteiger charge is 2.08. The molecule has 1 aromatic carbocycles. The predicted octanol–water partition coefficient (Wildman–Crippen LogP) is 4.08. The number of aromatic nitrogens is 2. The number of aliphatic imine (C=N–C) groups is 1. The lowest BCUT2D eigenvalue weighted by Crippen LogP contribution is -2.37. The Morgan fingerprint density at radius 2 is 1.93 bits per heavy atom. The van der Waals surface area contributed by atoms with Gasteiger partial charge in [0, 0.05) is 30.5 Å². The lowest BCUT2D eigenvalue weighted by atomic mass is 10.2. The molecule has 2 heterocycles. The number of benzene rings is 1. The van der Waals surface area contributed by atoms with E-state index in [0.29, 0.717) is 25.4 Å². The van der Waals surface area contributed by atoms with Crippen LogP contribution in [-0.4, -0.2) is 29.5 Å². The van der Waals surface area contributed by atoms with Gasteiger partial charge in [-0.15, -0.1) is 35.3 Å². The highest BCUT2D eigenvalue weighted by molar-refractivity contribution is 14.0. The molecule has 2 aromatic heterocycles. The number of hydrogen-bond donors (Lipinski definition) is 2. The van der Waals surface area contributed by atoms with Gasteiger partial charge in [-0.1, -0.05) is 0 Å². The van der Waals surface area contributed by atoms with E-state index in [1.54, 1.807) is 36.8 Å². The van der Waals surface area contributed by atoms with Crippen molar-refractivity contribution >= 4 is 41.3 Å². The summed E-state index contributed by atoms with van der Waals surface area (Å²) in [6.07, 6.45) is 2.31. The van der Waals surface area contributed by atoms with Crippen LogP contribution < -0.4 is 10.6 Å². The fourth-order valence-corrected chi connectivity index (χ4v) is 3.45. The molecule has 3 rings (SSSR count). The van der Waals surface area contributed by atoms with Crippen molar-refractivity contribution in [1.29, 1.82) is 0 Å². The number of aryl methyl sites for hydroxylation is 2. The maximum Gasteiger partial charge on any atom is 0.226 e. The summed E-state index contributed by atoms with van der Waals surface area (Å²) in [6.45, 7) is 5.37. The molecule has 0 saturated heterocycles. The number of thiazole rings is 1. The number of hydrogen-bond acceptors (Lipinski definition) is 5. The molecule has 0 aliphatic heterocycles. The van der Waals surface area contributed by atoms with Gasteiger partial charge < -0.3 is 15.1 Å². The van der Waals surface area contributed by atoms with Gasteiger partial charge in [-0.3, -0.25) is 4.99 Å². The smallest absolute Gasteiger partial charge is 0.226 e. The van der Waals surface area contributed by atoms with E-state index < -0.39 is 0 Å². The van der Waals surface area contributed by atoms with Gasteiger partial charge in [0.1, 0.15) is 12.1 Å². The second-order valence-corrected chi connectivity index (χ2v) is 7.28. The zero-order valence-corrected chi connectivity index (χ0v) is 19.1. The van der Waals surface area contributed by atoms with E-state index in [1.165, 1.54) is 17.0 Å². The van der Waals surface area contributed by atoms with Crippen LogP contribution in [0.3, 0.4) is 0 Å². The first-order valence-corrected chi connectivity index (χ1v) is 9.44. The molecule has 0 aliphatic carbocycles. The number of rotatable bonds is 6. The predicted molar refractivity (Wildman–Crippen MR) is 121 cm³/mol. The SMILES string of the molecule is CN=C(NCCc1coc(-c2ccc(F)cc2)n1)NCc1sc(C)nc1C.I. The van der Waals surface area contributed by atoms with Crippen molar-refractivity contribution in [2.45, 2.75) is 26.8 Å². The average Bonchev–Trinajstić information content (AvgIpc) is 3.24. The molecule has 6 nitrogen and oxygen atoms in total. The van der Waals surface area contributed by atoms with Crippen LogP contribution >= 0.6 is 35.3 Å².